The standard InChI is InChI=1S/C26H29N11O7S2/c1-11(2)28-24-27-8-15(19(39)32-24)29-25(44)31-16(12-4-6-14(38)7-5-12)20(40)30-17-21(41)37-18(23(42)43)13(9-45-22(17)37)10-46-26-33-34-35-36(26)3/h4-8,11,16-17,22,38H,9-10H2,1-3H3,(H,30,40)(H,42,43)(H2,29,31,44)(H2,27,28,32,39)/t16-,17?,22-/m1/s1. The molecule has 20 heteroatoms. The number of aromatic nitrogens is 6. The van der Waals surface area contributed by atoms with Crippen molar-refractivity contribution in [1.29, 1.82) is 0 Å². The molecule has 0 saturated carbocycles. The molecule has 46 heavy (non-hydrogen) atoms. The molecular weight excluding hydrogens is 642 g/mol. The van der Waals surface area contributed by atoms with Crippen molar-refractivity contribution in [3.8, 4) is 5.75 Å². The van der Waals surface area contributed by atoms with Crippen molar-refractivity contribution in [2.24, 2.45) is 7.05 Å². The van der Waals surface area contributed by atoms with E-state index in [1.165, 1.54) is 52.5 Å². The topological polar surface area (TPSA) is 249 Å². The third-order valence-electron chi connectivity index (χ3n) is 6.74. The minimum Gasteiger partial charge on any atom is -0.508 e. The Hall–Kier alpha value is -5.11. The third kappa shape index (κ3) is 6.91. The van der Waals surface area contributed by atoms with E-state index < -0.39 is 46.8 Å². The summed E-state index contributed by atoms with van der Waals surface area (Å²) in [7, 11) is 1.65. The molecule has 1 fully saturated rings. The number of amides is 4. The largest absolute Gasteiger partial charge is 0.508 e. The average Bonchev–Trinajstić information content (AvgIpc) is 3.42. The summed E-state index contributed by atoms with van der Waals surface area (Å²) >= 11 is 2.51. The molecule has 4 heterocycles. The van der Waals surface area contributed by atoms with Gasteiger partial charge in [0.25, 0.3) is 11.5 Å². The lowest BCUT2D eigenvalue weighted by molar-refractivity contribution is -0.150. The van der Waals surface area contributed by atoms with Gasteiger partial charge < -0.3 is 31.5 Å². The van der Waals surface area contributed by atoms with Gasteiger partial charge in [-0.2, -0.15) is 0 Å². The summed E-state index contributed by atoms with van der Waals surface area (Å²) in [5.74, 6) is -2.06. The van der Waals surface area contributed by atoms with E-state index in [0.29, 0.717) is 10.7 Å². The Morgan fingerprint density at radius 1 is 1.20 bits per heavy atom. The van der Waals surface area contributed by atoms with E-state index in [9.17, 15) is 34.2 Å². The van der Waals surface area contributed by atoms with Crippen molar-refractivity contribution in [3.63, 3.8) is 0 Å². The number of thioether (sulfide) groups is 2. The molecule has 2 aliphatic heterocycles. The molecule has 2 aliphatic rings. The molecule has 0 spiro atoms. The number of phenols is 1. The zero-order valence-corrected chi connectivity index (χ0v) is 26.2. The maximum atomic E-state index is 13.6. The lowest BCUT2D eigenvalue weighted by Gasteiger charge is -2.49. The number of hydrogen-bond acceptors (Lipinski definition) is 13. The number of aromatic hydroxyl groups is 1. The molecule has 1 saturated heterocycles. The summed E-state index contributed by atoms with van der Waals surface area (Å²) in [6.07, 6.45) is 1.16. The van der Waals surface area contributed by atoms with Gasteiger partial charge in [0.2, 0.25) is 17.0 Å². The number of hydrogen-bond donors (Lipinski definition) is 7. The van der Waals surface area contributed by atoms with Crippen LogP contribution in [-0.2, 0) is 21.4 Å². The smallest absolute Gasteiger partial charge is 0.352 e. The van der Waals surface area contributed by atoms with Gasteiger partial charge in [-0.1, -0.05) is 23.9 Å². The fourth-order valence-electron chi connectivity index (χ4n) is 4.61. The second-order valence-electron chi connectivity index (χ2n) is 10.4. The summed E-state index contributed by atoms with van der Waals surface area (Å²) < 4.78 is 1.44. The molecular formula is C26H29N11O7S2. The van der Waals surface area contributed by atoms with Gasteiger partial charge in [-0.15, -0.1) is 16.9 Å². The highest BCUT2D eigenvalue weighted by Gasteiger charge is 2.54. The van der Waals surface area contributed by atoms with Gasteiger partial charge >= 0.3 is 12.0 Å². The second-order valence-corrected chi connectivity index (χ2v) is 12.5. The van der Waals surface area contributed by atoms with Crippen LogP contribution in [0.2, 0.25) is 0 Å². The number of tetrazole rings is 1. The number of nitrogens with one attached hydrogen (secondary N) is 5. The predicted octanol–water partition coefficient (Wildman–Crippen LogP) is 0.213. The van der Waals surface area contributed by atoms with Crippen LogP contribution in [0.4, 0.5) is 16.4 Å². The Bertz CT molecular complexity index is 1760. The van der Waals surface area contributed by atoms with E-state index in [2.05, 4.69) is 46.8 Å². The van der Waals surface area contributed by atoms with E-state index in [1.54, 1.807) is 7.05 Å². The van der Waals surface area contributed by atoms with Crippen molar-refractivity contribution in [2.75, 3.05) is 22.1 Å². The number of phenolic OH excluding ortho intramolecular Hbond substituents is 1. The highest BCUT2D eigenvalue weighted by Crippen LogP contribution is 2.41. The summed E-state index contributed by atoms with van der Waals surface area (Å²) in [6, 6.07) is 2.08. The number of nitrogens with zero attached hydrogens (tertiary/aromatic N) is 6. The van der Waals surface area contributed by atoms with Gasteiger partial charge in [0.1, 0.15) is 34.6 Å². The number of fused-ring (bicyclic) bond motifs is 1. The van der Waals surface area contributed by atoms with Crippen LogP contribution in [-0.4, -0.2) is 98.1 Å². The number of anilines is 2. The molecule has 2 aromatic heterocycles. The summed E-state index contributed by atoms with van der Waals surface area (Å²) in [5, 5.41) is 41.1. The first-order valence-corrected chi connectivity index (χ1v) is 15.7. The first-order valence-electron chi connectivity index (χ1n) is 13.7. The van der Waals surface area contributed by atoms with Crippen LogP contribution >= 0.6 is 23.5 Å². The molecule has 5 rings (SSSR count). The molecule has 1 aromatic carbocycles. The number of carboxylic acid groups (broad SMARTS) is 1. The van der Waals surface area contributed by atoms with Crippen molar-refractivity contribution in [1.82, 2.24) is 45.7 Å². The van der Waals surface area contributed by atoms with Gasteiger partial charge in [0.15, 0.2) is 0 Å². The first-order chi connectivity index (χ1) is 21.9. The Morgan fingerprint density at radius 2 is 1.93 bits per heavy atom. The van der Waals surface area contributed by atoms with Crippen LogP contribution in [0.15, 0.2) is 51.7 Å². The number of aromatic amines is 1. The zero-order valence-electron chi connectivity index (χ0n) is 24.5. The van der Waals surface area contributed by atoms with Crippen LogP contribution in [0.1, 0.15) is 25.5 Å². The van der Waals surface area contributed by atoms with E-state index in [0.717, 1.165) is 11.1 Å². The molecule has 0 radical (unpaired) electrons. The minimum absolute atomic E-state index is 0.00290. The van der Waals surface area contributed by atoms with Crippen LogP contribution in [0.25, 0.3) is 0 Å². The lowest BCUT2D eigenvalue weighted by atomic mass is 10.0. The number of aliphatic carboxylic acids is 1. The van der Waals surface area contributed by atoms with Crippen LogP contribution in [0.5, 0.6) is 5.75 Å². The summed E-state index contributed by atoms with van der Waals surface area (Å²) in [4.78, 5) is 72.2. The molecule has 1 unspecified atom stereocenters. The molecule has 4 amide bonds. The van der Waals surface area contributed by atoms with Gasteiger partial charge in [-0.05, 0) is 47.5 Å². The summed E-state index contributed by atoms with van der Waals surface area (Å²) in [5.41, 5.74) is -0.225. The molecule has 0 bridgehead atoms. The van der Waals surface area contributed by atoms with E-state index in [-0.39, 0.29) is 46.2 Å². The number of carbonyl (C=O) groups excluding carboxylic acids is 3. The summed E-state index contributed by atoms with van der Waals surface area (Å²) in [6.45, 7) is 3.71. The Morgan fingerprint density at radius 3 is 2.57 bits per heavy atom. The monoisotopic (exact) mass is 671 g/mol. The van der Waals surface area contributed by atoms with Gasteiger partial charge in [0, 0.05) is 24.6 Å². The Labute approximate surface area is 268 Å². The first kappa shape index (κ1) is 32.3. The van der Waals surface area contributed by atoms with Crippen LogP contribution < -0.4 is 26.8 Å². The van der Waals surface area contributed by atoms with Crippen LogP contribution in [0, 0.1) is 0 Å². The molecule has 3 aromatic rings. The fourth-order valence-corrected chi connectivity index (χ4v) is 6.95. The zero-order chi connectivity index (χ0) is 33.1. The van der Waals surface area contributed by atoms with Gasteiger partial charge in [-0.25, -0.2) is 19.3 Å². The number of benzene rings is 1. The number of urea groups is 1. The Balaban J connectivity index is 1.30. The SMILES string of the molecule is CC(C)Nc1ncc(NC(=O)N[C@@H](C(=O)NC2C(=O)N3C(C(=O)O)=C(CSc4nnnn4C)CS[C@H]23)c2ccc(O)cc2)c(=O)[nH]1. The molecule has 18 nitrogen and oxygen atoms in total. The third-order valence-corrected chi connectivity index (χ3v) is 9.18. The normalized spacial score (nSPS) is 18.0. The van der Waals surface area contributed by atoms with Gasteiger partial charge in [0.05, 0.1) is 6.20 Å². The maximum absolute atomic E-state index is 13.6. The lowest BCUT2D eigenvalue weighted by Crippen LogP contribution is -2.71. The number of carboxylic acids is 1. The predicted molar refractivity (Wildman–Crippen MR) is 166 cm³/mol. The van der Waals surface area contributed by atoms with E-state index >= 15 is 0 Å². The van der Waals surface area contributed by atoms with Crippen molar-refractivity contribution in [2.45, 2.75) is 42.5 Å². The number of carbonyl (C=O) groups is 4. The Kier molecular flexibility index (Phi) is 9.46. The molecule has 3 atom stereocenters. The van der Waals surface area contributed by atoms with Crippen molar-refractivity contribution < 1.29 is 29.4 Å². The number of β-lactam (4-membered cyclic amide) rings is 1. The second kappa shape index (κ2) is 13.5. The molecule has 7 N–H and O–H groups in total. The maximum Gasteiger partial charge on any atom is 0.352 e. The quantitative estimate of drug-likeness (QED) is 0.106. The fraction of sp³-hybridized carbons (Fsp3) is 0.346. The van der Waals surface area contributed by atoms with E-state index in [1.807, 2.05) is 13.8 Å². The number of rotatable bonds is 11. The van der Waals surface area contributed by atoms with Gasteiger partial charge in [-0.3, -0.25) is 24.3 Å². The molecule has 0 aliphatic carbocycles. The molecule has 242 valence electrons. The highest BCUT2D eigenvalue weighted by molar-refractivity contribution is 8.01. The van der Waals surface area contributed by atoms with E-state index in [4.69, 9.17) is 0 Å². The highest BCUT2D eigenvalue weighted by atomic mass is 32.2. The van der Waals surface area contributed by atoms with Crippen LogP contribution in [0.3, 0.4) is 0 Å². The number of aryl methyl sites for hydroxylation is 1. The van der Waals surface area contributed by atoms with Crippen molar-refractivity contribution in [3.05, 3.63) is 57.6 Å². The minimum atomic E-state index is -1.37. The van der Waals surface area contributed by atoms with Crippen molar-refractivity contribution >= 4 is 59.0 Å². The number of H-pyrrole nitrogens is 1. The average molecular weight is 672 g/mol.